The van der Waals surface area contributed by atoms with Crippen molar-refractivity contribution in [3.05, 3.63) is 24.3 Å². The predicted octanol–water partition coefficient (Wildman–Crippen LogP) is 2.92. The van der Waals surface area contributed by atoms with E-state index in [2.05, 4.69) is 25.9 Å². The molecule has 0 aromatic carbocycles. The van der Waals surface area contributed by atoms with E-state index in [4.69, 9.17) is 4.74 Å². The average Bonchev–Trinajstić information content (AvgIpc) is 2.93. The number of methoxy groups -OCH3 is 1. The van der Waals surface area contributed by atoms with E-state index in [1.807, 2.05) is 20.8 Å². The predicted molar refractivity (Wildman–Crippen MR) is 142 cm³/mol. The van der Waals surface area contributed by atoms with E-state index < -0.39 is 41.3 Å². The van der Waals surface area contributed by atoms with E-state index in [1.165, 1.54) is 25.7 Å². The summed E-state index contributed by atoms with van der Waals surface area (Å²) in [5.74, 6) is -1.90. The second kappa shape index (κ2) is 13.7. The first-order valence-electron chi connectivity index (χ1n) is 13.9. The molecule has 210 valence electrons. The van der Waals surface area contributed by atoms with Gasteiger partial charge in [-0.25, -0.2) is 9.78 Å². The average molecular weight is 530 g/mol. The third-order valence-electron chi connectivity index (χ3n) is 7.78. The highest BCUT2D eigenvalue weighted by Crippen LogP contribution is 2.30. The van der Waals surface area contributed by atoms with E-state index in [9.17, 15) is 19.2 Å². The highest BCUT2D eigenvalue weighted by Gasteiger charge is 2.40. The van der Waals surface area contributed by atoms with Crippen molar-refractivity contribution in [2.75, 3.05) is 7.11 Å². The summed E-state index contributed by atoms with van der Waals surface area (Å²) in [5.41, 5.74) is -0.451. The van der Waals surface area contributed by atoms with Gasteiger partial charge in [0.25, 0.3) is 5.91 Å². The molecule has 38 heavy (non-hydrogen) atoms. The van der Waals surface area contributed by atoms with Crippen LogP contribution in [-0.2, 0) is 19.1 Å². The molecule has 3 amide bonds. The smallest absolute Gasteiger partial charge is 0.328 e. The first kappa shape index (κ1) is 29.5. The van der Waals surface area contributed by atoms with Crippen molar-refractivity contribution < 1.29 is 23.9 Å². The standard InChI is InChI=1S/C28H43N5O5/c1-28(2,3)23(27(37)38-4)33-26(36)22(19-13-9-6-10-14-19)32-25(35)21(18-11-7-5-8-12-18)31-24(34)20-17-29-15-16-30-20/h15-19,21-23H,5-14H2,1-4H3,(H,31,34)(H,32,35)(H,33,36)/t21-,22-,23+/m0/s1. The largest absolute Gasteiger partial charge is 0.467 e. The van der Waals surface area contributed by atoms with Crippen LogP contribution in [0.4, 0.5) is 0 Å². The van der Waals surface area contributed by atoms with Crippen LogP contribution in [0, 0.1) is 17.3 Å². The molecule has 2 aliphatic carbocycles. The zero-order valence-corrected chi connectivity index (χ0v) is 23.1. The highest BCUT2D eigenvalue weighted by atomic mass is 16.5. The summed E-state index contributed by atoms with van der Waals surface area (Å²) in [6.07, 6.45) is 13.6. The Labute approximate surface area is 225 Å². The van der Waals surface area contributed by atoms with Gasteiger partial charge in [0.05, 0.1) is 13.3 Å². The molecule has 2 saturated carbocycles. The van der Waals surface area contributed by atoms with E-state index in [-0.39, 0.29) is 23.4 Å². The van der Waals surface area contributed by atoms with Crippen LogP contribution in [0.3, 0.4) is 0 Å². The lowest BCUT2D eigenvalue weighted by Gasteiger charge is -2.36. The van der Waals surface area contributed by atoms with Gasteiger partial charge in [-0.3, -0.25) is 19.4 Å². The maximum absolute atomic E-state index is 13.8. The van der Waals surface area contributed by atoms with Crippen LogP contribution in [0.2, 0.25) is 0 Å². The second-order valence-electron chi connectivity index (χ2n) is 11.7. The fourth-order valence-electron chi connectivity index (χ4n) is 5.58. The molecule has 2 aliphatic rings. The number of carbonyl (C=O) groups excluding carboxylic acids is 4. The second-order valence-corrected chi connectivity index (χ2v) is 11.7. The number of ether oxygens (including phenoxy) is 1. The summed E-state index contributed by atoms with van der Waals surface area (Å²) >= 11 is 0. The van der Waals surface area contributed by atoms with Crippen molar-refractivity contribution in [3.8, 4) is 0 Å². The summed E-state index contributed by atoms with van der Waals surface area (Å²) in [6, 6.07) is -2.49. The molecule has 10 nitrogen and oxygen atoms in total. The van der Waals surface area contributed by atoms with Gasteiger partial charge in [0.1, 0.15) is 23.8 Å². The molecule has 3 atom stereocenters. The van der Waals surface area contributed by atoms with Crippen LogP contribution in [0.1, 0.15) is 95.5 Å². The van der Waals surface area contributed by atoms with Gasteiger partial charge in [0.15, 0.2) is 0 Å². The number of hydrogen-bond acceptors (Lipinski definition) is 7. The minimum absolute atomic E-state index is 0.0446. The number of esters is 1. The van der Waals surface area contributed by atoms with Crippen molar-refractivity contribution in [1.29, 1.82) is 0 Å². The van der Waals surface area contributed by atoms with Crippen LogP contribution >= 0.6 is 0 Å². The Hall–Kier alpha value is -3.04. The van der Waals surface area contributed by atoms with Crippen molar-refractivity contribution in [2.24, 2.45) is 17.3 Å². The van der Waals surface area contributed by atoms with E-state index >= 15 is 0 Å². The maximum Gasteiger partial charge on any atom is 0.328 e. The summed E-state index contributed by atoms with van der Waals surface area (Å²) in [6.45, 7) is 5.55. The van der Waals surface area contributed by atoms with Gasteiger partial charge in [-0.15, -0.1) is 0 Å². The number of aromatic nitrogens is 2. The van der Waals surface area contributed by atoms with Crippen LogP contribution in [0.5, 0.6) is 0 Å². The van der Waals surface area contributed by atoms with Crippen LogP contribution in [-0.4, -0.2) is 58.9 Å². The highest BCUT2D eigenvalue weighted by molar-refractivity contribution is 5.97. The Balaban J connectivity index is 1.84. The van der Waals surface area contributed by atoms with Gasteiger partial charge in [0, 0.05) is 12.4 Å². The van der Waals surface area contributed by atoms with Gasteiger partial charge in [-0.1, -0.05) is 59.3 Å². The summed E-state index contributed by atoms with van der Waals surface area (Å²) in [4.78, 5) is 61.0. The van der Waals surface area contributed by atoms with Crippen molar-refractivity contribution in [1.82, 2.24) is 25.9 Å². The molecule has 0 saturated heterocycles. The van der Waals surface area contributed by atoms with Crippen LogP contribution < -0.4 is 16.0 Å². The third kappa shape index (κ3) is 7.98. The molecule has 1 aromatic heterocycles. The van der Waals surface area contributed by atoms with E-state index in [0.717, 1.165) is 64.2 Å². The Morgan fingerprint density at radius 2 is 1.34 bits per heavy atom. The maximum atomic E-state index is 13.8. The molecule has 0 bridgehead atoms. The Kier molecular flexibility index (Phi) is 10.6. The van der Waals surface area contributed by atoms with Crippen LogP contribution in [0.25, 0.3) is 0 Å². The molecule has 1 aromatic rings. The lowest BCUT2D eigenvalue weighted by atomic mass is 9.81. The lowest BCUT2D eigenvalue weighted by Crippen LogP contribution is -2.61. The number of amides is 3. The molecular formula is C28H43N5O5. The fourth-order valence-corrected chi connectivity index (χ4v) is 5.58. The van der Waals surface area contributed by atoms with Gasteiger partial charge < -0.3 is 20.7 Å². The van der Waals surface area contributed by atoms with E-state index in [0.29, 0.717) is 0 Å². The molecule has 0 aliphatic heterocycles. The van der Waals surface area contributed by atoms with Gasteiger partial charge in [-0.05, 0) is 42.9 Å². The molecule has 0 unspecified atom stereocenters. The molecular weight excluding hydrogens is 486 g/mol. The topological polar surface area (TPSA) is 139 Å². The first-order chi connectivity index (χ1) is 18.1. The molecule has 0 radical (unpaired) electrons. The number of nitrogens with one attached hydrogen (secondary N) is 3. The number of hydrogen-bond donors (Lipinski definition) is 3. The molecule has 3 rings (SSSR count). The molecule has 3 N–H and O–H groups in total. The monoisotopic (exact) mass is 529 g/mol. The number of carbonyl (C=O) groups is 4. The minimum Gasteiger partial charge on any atom is -0.467 e. The summed E-state index contributed by atoms with van der Waals surface area (Å²) in [7, 11) is 1.29. The van der Waals surface area contributed by atoms with Crippen molar-refractivity contribution >= 4 is 23.7 Å². The Bertz CT molecular complexity index is 952. The minimum atomic E-state index is -0.867. The molecule has 2 fully saturated rings. The molecule has 1 heterocycles. The van der Waals surface area contributed by atoms with Crippen molar-refractivity contribution in [3.63, 3.8) is 0 Å². The number of nitrogens with zero attached hydrogens (tertiary/aromatic N) is 2. The molecule has 10 heteroatoms. The van der Waals surface area contributed by atoms with Gasteiger partial charge in [-0.2, -0.15) is 0 Å². The zero-order valence-electron chi connectivity index (χ0n) is 23.1. The van der Waals surface area contributed by atoms with E-state index in [1.54, 1.807) is 0 Å². The summed E-state index contributed by atoms with van der Waals surface area (Å²) in [5, 5.41) is 8.75. The summed E-state index contributed by atoms with van der Waals surface area (Å²) < 4.78 is 4.95. The number of rotatable bonds is 9. The normalized spacial score (nSPS) is 19.5. The van der Waals surface area contributed by atoms with Gasteiger partial charge in [0.2, 0.25) is 11.8 Å². The van der Waals surface area contributed by atoms with Crippen LogP contribution in [0.15, 0.2) is 18.6 Å². The SMILES string of the molecule is COC(=O)[C@@H](NC(=O)[C@@H](NC(=O)[C@@H](NC(=O)c1cnccn1)C1CCCCC1)C1CCCCC1)C(C)(C)C. The molecule has 0 spiro atoms. The van der Waals surface area contributed by atoms with Crippen molar-refractivity contribution in [2.45, 2.75) is 103 Å². The third-order valence-corrected chi connectivity index (χ3v) is 7.78. The van der Waals surface area contributed by atoms with Gasteiger partial charge >= 0.3 is 5.97 Å². The zero-order chi connectivity index (χ0) is 27.7. The Morgan fingerprint density at radius 3 is 1.82 bits per heavy atom. The Morgan fingerprint density at radius 1 is 0.816 bits per heavy atom. The first-order valence-corrected chi connectivity index (χ1v) is 13.9. The quantitative estimate of drug-likeness (QED) is 0.418. The fraction of sp³-hybridized carbons (Fsp3) is 0.714. The lowest BCUT2D eigenvalue weighted by molar-refractivity contribution is -0.148.